The van der Waals surface area contributed by atoms with E-state index < -0.39 is 58.2 Å². The predicted molar refractivity (Wildman–Crippen MR) is 129 cm³/mol. The van der Waals surface area contributed by atoms with Crippen LogP contribution in [0.2, 0.25) is 5.15 Å². The SMILES string of the molecule is CC1(C)CC(NC(=O)CN(CCOS(C)(=O)=O)C(=O)c2nc3c(C(F)(F)F)cc(C4CC4)cn3c2Cl)C1. The number of rotatable bonds is 9. The summed E-state index contributed by atoms with van der Waals surface area (Å²) in [6, 6.07) is 0.955. The third-order valence-electron chi connectivity index (χ3n) is 6.48. The molecule has 0 atom stereocenters. The zero-order valence-corrected chi connectivity index (χ0v) is 22.1. The van der Waals surface area contributed by atoms with Crippen molar-refractivity contribution in [2.24, 2.45) is 5.41 Å². The molecule has 0 aromatic carbocycles. The minimum atomic E-state index is -4.74. The van der Waals surface area contributed by atoms with Crippen molar-refractivity contribution in [1.29, 1.82) is 0 Å². The highest BCUT2D eigenvalue weighted by Crippen LogP contribution is 2.43. The van der Waals surface area contributed by atoms with Crippen LogP contribution in [0.5, 0.6) is 0 Å². The number of pyridine rings is 1. The van der Waals surface area contributed by atoms with Crippen LogP contribution in [0.3, 0.4) is 0 Å². The summed E-state index contributed by atoms with van der Waals surface area (Å²) >= 11 is 6.36. The highest BCUT2D eigenvalue weighted by Gasteiger charge is 2.39. The summed E-state index contributed by atoms with van der Waals surface area (Å²) in [5.74, 6) is -1.44. The molecule has 0 radical (unpaired) electrons. The lowest BCUT2D eigenvalue weighted by molar-refractivity contribution is -0.136. The Balaban J connectivity index is 1.62. The van der Waals surface area contributed by atoms with Gasteiger partial charge < -0.3 is 10.2 Å². The first kappa shape index (κ1) is 27.6. The van der Waals surface area contributed by atoms with Gasteiger partial charge in [-0.15, -0.1) is 0 Å². The van der Waals surface area contributed by atoms with Crippen molar-refractivity contribution < 1.29 is 35.4 Å². The monoisotopic (exact) mass is 564 g/mol. The largest absolute Gasteiger partial charge is 0.419 e. The zero-order chi connectivity index (χ0) is 27.3. The van der Waals surface area contributed by atoms with Crippen molar-refractivity contribution in [1.82, 2.24) is 19.6 Å². The quantitative estimate of drug-likeness (QED) is 0.466. The van der Waals surface area contributed by atoms with Gasteiger partial charge in [0.15, 0.2) is 11.3 Å². The minimum Gasteiger partial charge on any atom is -0.352 e. The molecule has 2 amide bonds. The van der Waals surface area contributed by atoms with E-state index in [1.807, 2.05) is 0 Å². The minimum absolute atomic E-state index is 0.0204. The summed E-state index contributed by atoms with van der Waals surface area (Å²) in [6.07, 6.45) is 0.554. The van der Waals surface area contributed by atoms with Gasteiger partial charge in [-0.2, -0.15) is 21.6 Å². The first-order chi connectivity index (χ1) is 17.0. The maximum atomic E-state index is 13.8. The molecule has 0 unspecified atom stereocenters. The van der Waals surface area contributed by atoms with Gasteiger partial charge in [-0.25, -0.2) is 4.98 Å². The van der Waals surface area contributed by atoms with E-state index in [-0.39, 0.29) is 29.1 Å². The molecule has 2 fully saturated rings. The van der Waals surface area contributed by atoms with Gasteiger partial charge in [0.2, 0.25) is 5.91 Å². The number of nitrogens with zero attached hydrogens (tertiary/aromatic N) is 3. The maximum Gasteiger partial charge on any atom is 0.419 e. The molecule has 9 nitrogen and oxygen atoms in total. The Labute approximate surface area is 217 Å². The Kier molecular flexibility index (Phi) is 7.27. The molecule has 2 aromatic heterocycles. The number of carbonyl (C=O) groups excluding carboxylic acids is 2. The smallest absolute Gasteiger partial charge is 0.352 e. The number of halogens is 4. The molecule has 37 heavy (non-hydrogen) atoms. The van der Waals surface area contributed by atoms with Gasteiger partial charge in [0.05, 0.1) is 25.0 Å². The fraction of sp³-hybridized carbons (Fsp3) is 0.609. The number of carbonyl (C=O) groups is 2. The molecule has 2 aromatic rings. The van der Waals surface area contributed by atoms with Crippen molar-refractivity contribution in [3.63, 3.8) is 0 Å². The molecular weight excluding hydrogens is 537 g/mol. The molecule has 2 aliphatic carbocycles. The van der Waals surface area contributed by atoms with Crippen LogP contribution in [0.1, 0.15) is 67.1 Å². The van der Waals surface area contributed by atoms with Crippen LogP contribution in [0.15, 0.2) is 12.3 Å². The van der Waals surface area contributed by atoms with Gasteiger partial charge in [0.25, 0.3) is 16.0 Å². The third-order valence-corrected chi connectivity index (χ3v) is 7.44. The fourth-order valence-electron chi connectivity index (χ4n) is 4.65. The molecule has 0 bridgehead atoms. The van der Waals surface area contributed by atoms with Crippen LogP contribution in [0, 0.1) is 5.41 Å². The van der Waals surface area contributed by atoms with E-state index in [9.17, 15) is 31.2 Å². The second-order valence-electron chi connectivity index (χ2n) is 10.5. The highest BCUT2D eigenvalue weighted by molar-refractivity contribution is 7.85. The van der Waals surface area contributed by atoms with E-state index in [1.165, 1.54) is 6.20 Å². The number of alkyl halides is 3. The van der Waals surface area contributed by atoms with Crippen molar-refractivity contribution in [3.8, 4) is 0 Å². The predicted octanol–water partition coefficient (Wildman–Crippen LogP) is 3.61. The van der Waals surface area contributed by atoms with E-state index in [1.54, 1.807) is 0 Å². The molecule has 2 saturated carbocycles. The molecule has 0 aliphatic heterocycles. The van der Waals surface area contributed by atoms with E-state index in [0.29, 0.717) is 5.56 Å². The second kappa shape index (κ2) is 9.73. The van der Waals surface area contributed by atoms with Gasteiger partial charge >= 0.3 is 6.18 Å². The van der Waals surface area contributed by atoms with Gasteiger partial charge in [-0.05, 0) is 48.6 Å². The molecular formula is C23H28ClF3N4O5S. The molecule has 4 rings (SSSR count). The Morgan fingerprint density at radius 2 is 1.95 bits per heavy atom. The van der Waals surface area contributed by atoms with Crippen LogP contribution in [0.4, 0.5) is 13.2 Å². The zero-order valence-electron chi connectivity index (χ0n) is 20.6. The van der Waals surface area contributed by atoms with Crippen LogP contribution in [-0.2, 0) is 25.3 Å². The number of fused-ring (bicyclic) bond motifs is 1. The lowest BCUT2D eigenvalue weighted by Crippen LogP contribution is -2.51. The van der Waals surface area contributed by atoms with Crippen LogP contribution in [-0.4, -0.2) is 66.5 Å². The number of hydrogen-bond acceptors (Lipinski definition) is 6. The van der Waals surface area contributed by atoms with Crippen LogP contribution in [0.25, 0.3) is 5.65 Å². The summed E-state index contributed by atoms with van der Waals surface area (Å²) in [6.45, 7) is 2.84. The van der Waals surface area contributed by atoms with Gasteiger partial charge in [0.1, 0.15) is 5.15 Å². The van der Waals surface area contributed by atoms with Gasteiger partial charge in [0, 0.05) is 18.8 Å². The molecule has 2 aliphatic rings. The molecule has 0 spiro atoms. The first-order valence-electron chi connectivity index (χ1n) is 11.8. The topological polar surface area (TPSA) is 110 Å². The Morgan fingerprint density at radius 1 is 1.30 bits per heavy atom. The molecule has 0 saturated heterocycles. The van der Waals surface area contributed by atoms with Crippen LogP contribution < -0.4 is 5.32 Å². The Hall–Kier alpha value is -2.38. The average Bonchev–Trinajstić information content (AvgIpc) is 3.53. The van der Waals surface area contributed by atoms with Crippen molar-refractivity contribution in [2.45, 2.75) is 57.7 Å². The molecule has 204 valence electrons. The molecule has 1 N–H and O–H groups in total. The number of amides is 2. The Bertz CT molecular complexity index is 1330. The average molecular weight is 565 g/mol. The van der Waals surface area contributed by atoms with Gasteiger partial charge in [-0.1, -0.05) is 25.4 Å². The summed E-state index contributed by atoms with van der Waals surface area (Å²) in [4.78, 5) is 30.9. The standard InChI is InChI=1S/C23H28ClF3N4O5S/c1-22(2)9-15(10-22)28-17(32)12-30(6-7-36-37(3,34)35)21(33)18-19(24)31-11-14(13-4-5-13)8-16(20(31)29-18)23(25,26)27/h8,11,13,15H,4-7,9-10,12H2,1-3H3,(H,28,32). The maximum absolute atomic E-state index is 13.8. The van der Waals surface area contributed by atoms with Gasteiger partial charge in [-0.3, -0.25) is 18.2 Å². The summed E-state index contributed by atoms with van der Waals surface area (Å²) in [7, 11) is -3.83. The van der Waals surface area contributed by atoms with E-state index in [0.717, 1.165) is 47.3 Å². The van der Waals surface area contributed by atoms with Crippen molar-refractivity contribution in [2.75, 3.05) is 26.0 Å². The first-order valence-corrected chi connectivity index (χ1v) is 14.0. The molecule has 14 heteroatoms. The molecule has 2 heterocycles. The lowest BCUT2D eigenvalue weighted by Gasteiger charge is -2.43. The van der Waals surface area contributed by atoms with Crippen molar-refractivity contribution >= 4 is 39.2 Å². The fourth-order valence-corrected chi connectivity index (χ4v) is 5.28. The van der Waals surface area contributed by atoms with Crippen LogP contribution >= 0.6 is 11.6 Å². The third kappa shape index (κ3) is 6.55. The lowest BCUT2D eigenvalue weighted by atomic mass is 9.68. The summed E-state index contributed by atoms with van der Waals surface area (Å²) in [5, 5.41) is 2.48. The summed E-state index contributed by atoms with van der Waals surface area (Å²) < 4.78 is 70.0. The number of aromatic nitrogens is 2. The Morgan fingerprint density at radius 3 is 2.49 bits per heavy atom. The highest BCUT2D eigenvalue weighted by atomic mass is 35.5. The normalized spacial score (nSPS) is 18.0. The van der Waals surface area contributed by atoms with E-state index >= 15 is 0 Å². The number of imidazole rings is 1. The second-order valence-corrected chi connectivity index (χ2v) is 12.5. The summed E-state index contributed by atoms with van der Waals surface area (Å²) in [5.41, 5.74) is -1.48. The number of nitrogens with one attached hydrogen (secondary N) is 1. The number of hydrogen-bond donors (Lipinski definition) is 1. The van der Waals surface area contributed by atoms with Crippen molar-refractivity contribution in [3.05, 3.63) is 34.2 Å². The van der Waals surface area contributed by atoms with E-state index in [4.69, 9.17) is 15.8 Å². The van der Waals surface area contributed by atoms with E-state index in [2.05, 4.69) is 24.1 Å².